The monoisotopic (exact) mass is 248 g/mol. The zero-order valence-corrected chi connectivity index (χ0v) is 8.74. The first-order valence-corrected chi connectivity index (χ1v) is 4.81. The van der Waals surface area contributed by atoms with E-state index in [1.165, 1.54) is 6.07 Å². The van der Waals surface area contributed by atoms with Gasteiger partial charge in [-0.2, -0.15) is 13.2 Å². The van der Waals surface area contributed by atoms with Gasteiger partial charge in [-0.15, -0.1) is 0 Å². The molecule has 4 nitrogen and oxygen atoms in total. The van der Waals surface area contributed by atoms with E-state index in [0.717, 1.165) is 12.3 Å². The molecule has 0 aliphatic heterocycles. The fourth-order valence-corrected chi connectivity index (χ4v) is 1.23. The standard InChI is InChI=1S/C10H11F3N2O2/c11-10(12,13)8-5-6(3-4-15-8)1-2-7(14)9(16)17/h3-5,7H,1-2,14H2,(H,16,17)/t7-/m0/s1. The Balaban J connectivity index is 2.70. The molecule has 0 unspecified atom stereocenters. The maximum Gasteiger partial charge on any atom is 0.433 e. The Kier molecular flexibility index (Phi) is 4.06. The molecule has 3 N–H and O–H groups in total. The highest BCUT2D eigenvalue weighted by Crippen LogP contribution is 2.27. The number of carbonyl (C=O) groups is 1. The molecule has 1 heterocycles. The van der Waals surface area contributed by atoms with E-state index in [1.807, 2.05) is 0 Å². The number of nitrogens with two attached hydrogens (primary N) is 1. The van der Waals surface area contributed by atoms with Crippen molar-refractivity contribution in [1.82, 2.24) is 4.98 Å². The fraction of sp³-hybridized carbons (Fsp3) is 0.400. The van der Waals surface area contributed by atoms with E-state index >= 15 is 0 Å². The van der Waals surface area contributed by atoms with Crippen molar-refractivity contribution in [2.24, 2.45) is 5.73 Å². The lowest BCUT2D eigenvalue weighted by Crippen LogP contribution is -2.30. The quantitative estimate of drug-likeness (QED) is 0.845. The van der Waals surface area contributed by atoms with Crippen LogP contribution in [-0.2, 0) is 17.4 Å². The third-order valence-corrected chi connectivity index (χ3v) is 2.18. The van der Waals surface area contributed by atoms with Gasteiger partial charge >= 0.3 is 12.1 Å². The Bertz CT molecular complexity index is 407. The van der Waals surface area contributed by atoms with Crippen LogP contribution >= 0.6 is 0 Å². The number of rotatable bonds is 4. The first-order chi connectivity index (χ1) is 7.80. The second-order valence-corrected chi connectivity index (χ2v) is 3.53. The summed E-state index contributed by atoms with van der Waals surface area (Å²) in [5.41, 5.74) is 4.63. The van der Waals surface area contributed by atoms with Gasteiger partial charge < -0.3 is 10.8 Å². The topological polar surface area (TPSA) is 76.2 Å². The lowest BCUT2D eigenvalue weighted by Gasteiger charge is -2.09. The van der Waals surface area contributed by atoms with Crippen LogP contribution in [-0.4, -0.2) is 22.1 Å². The third-order valence-electron chi connectivity index (χ3n) is 2.18. The van der Waals surface area contributed by atoms with Gasteiger partial charge in [-0.25, -0.2) is 0 Å². The van der Waals surface area contributed by atoms with E-state index in [-0.39, 0.29) is 12.8 Å². The summed E-state index contributed by atoms with van der Waals surface area (Å²) in [6.45, 7) is 0. The van der Waals surface area contributed by atoms with Gasteiger partial charge in [0.1, 0.15) is 11.7 Å². The van der Waals surface area contributed by atoms with Gasteiger partial charge in [0.25, 0.3) is 0 Å². The van der Waals surface area contributed by atoms with Crippen LogP contribution in [0.25, 0.3) is 0 Å². The van der Waals surface area contributed by atoms with Crippen LogP contribution in [0.15, 0.2) is 18.3 Å². The van der Waals surface area contributed by atoms with Crippen molar-refractivity contribution in [3.63, 3.8) is 0 Å². The highest BCUT2D eigenvalue weighted by molar-refractivity contribution is 5.73. The second kappa shape index (κ2) is 5.13. The van der Waals surface area contributed by atoms with Crippen molar-refractivity contribution in [2.75, 3.05) is 0 Å². The van der Waals surface area contributed by atoms with E-state index in [2.05, 4.69) is 4.98 Å². The second-order valence-electron chi connectivity index (χ2n) is 3.53. The van der Waals surface area contributed by atoms with E-state index in [1.54, 1.807) is 0 Å². The van der Waals surface area contributed by atoms with E-state index in [0.29, 0.717) is 5.56 Å². The summed E-state index contributed by atoms with van der Waals surface area (Å²) in [4.78, 5) is 13.6. The molecule has 1 aromatic rings. The van der Waals surface area contributed by atoms with Crippen molar-refractivity contribution in [1.29, 1.82) is 0 Å². The first kappa shape index (κ1) is 13.4. The van der Waals surface area contributed by atoms with Crippen LogP contribution < -0.4 is 5.73 Å². The Labute approximate surface area is 95.3 Å². The minimum absolute atomic E-state index is 0.0800. The molecular formula is C10H11F3N2O2. The average molecular weight is 248 g/mol. The van der Waals surface area contributed by atoms with Crippen LogP contribution in [0, 0.1) is 0 Å². The number of aryl methyl sites for hydroxylation is 1. The zero-order valence-electron chi connectivity index (χ0n) is 8.74. The van der Waals surface area contributed by atoms with Gasteiger partial charge in [-0.05, 0) is 30.5 Å². The van der Waals surface area contributed by atoms with Crippen molar-refractivity contribution >= 4 is 5.97 Å². The molecule has 0 fully saturated rings. The Morgan fingerprint density at radius 1 is 1.53 bits per heavy atom. The number of halogens is 3. The maximum absolute atomic E-state index is 12.3. The van der Waals surface area contributed by atoms with Gasteiger partial charge in [0, 0.05) is 6.20 Å². The maximum atomic E-state index is 12.3. The Hall–Kier alpha value is -1.63. The highest BCUT2D eigenvalue weighted by atomic mass is 19.4. The number of carboxylic acids is 1. The number of hydrogen-bond acceptors (Lipinski definition) is 3. The number of carboxylic acid groups (broad SMARTS) is 1. The fourth-order valence-electron chi connectivity index (χ4n) is 1.23. The number of pyridine rings is 1. The molecule has 0 bridgehead atoms. The molecule has 0 amide bonds. The summed E-state index contributed by atoms with van der Waals surface area (Å²) >= 11 is 0. The summed E-state index contributed by atoms with van der Waals surface area (Å²) in [7, 11) is 0. The molecule has 0 saturated heterocycles. The summed E-state index contributed by atoms with van der Waals surface area (Å²) in [5.74, 6) is -1.17. The van der Waals surface area contributed by atoms with Gasteiger partial charge in [0.15, 0.2) is 0 Å². The van der Waals surface area contributed by atoms with Crippen LogP contribution in [0.3, 0.4) is 0 Å². The van der Waals surface area contributed by atoms with Crippen molar-refractivity contribution in [3.05, 3.63) is 29.6 Å². The minimum Gasteiger partial charge on any atom is -0.480 e. The number of aromatic nitrogens is 1. The van der Waals surface area contributed by atoms with Gasteiger partial charge in [-0.3, -0.25) is 9.78 Å². The molecule has 0 saturated carbocycles. The number of aliphatic carboxylic acids is 1. The Morgan fingerprint density at radius 3 is 2.71 bits per heavy atom. The molecule has 1 atom stereocenters. The number of nitrogens with zero attached hydrogens (tertiary/aromatic N) is 1. The molecule has 1 rings (SSSR count). The van der Waals surface area contributed by atoms with Crippen LogP contribution in [0.2, 0.25) is 0 Å². The molecule has 0 aromatic carbocycles. The first-order valence-electron chi connectivity index (χ1n) is 4.81. The predicted molar refractivity (Wildman–Crippen MR) is 53.2 cm³/mol. The summed E-state index contributed by atoms with van der Waals surface area (Å²) in [6.07, 6.45) is -3.20. The molecular weight excluding hydrogens is 237 g/mol. The molecule has 94 valence electrons. The molecule has 0 aliphatic rings. The lowest BCUT2D eigenvalue weighted by molar-refractivity contribution is -0.141. The van der Waals surface area contributed by atoms with Gasteiger partial charge in [-0.1, -0.05) is 0 Å². The van der Waals surface area contributed by atoms with Crippen molar-refractivity contribution in [3.8, 4) is 0 Å². The molecule has 7 heteroatoms. The molecule has 17 heavy (non-hydrogen) atoms. The van der Waals surface area contributed by atoms with E-state index in [9.17, 15) is 18.0 Å². The average Bonchev–Trinajstić information content (AvgIpc) is 2.25. The number of alkyl halides is 3. The van der Waals surface area contributed by atoms with E-state index < -0.39 is 23.9 Å². The van der Waals surface area contributed by atoms with Crippen molar-refractivity contribution < 1.29 is 23.1 Å². The molecule has 0 radical (unpaired) electrons. The normalized spacial score (nSPS) is 13.4. The summed E-state index contributed by atoms with van der Waals surface area (Å²) < 4.78 is 36.9. The minimum atomic E-state index is -4.50. The SMILES string of the molecule is N[C@@H](CCc1ccnc(C(F)(F)F)c1)C(=O)O. The molecule has 0 aliphatic carbocycles. The lowest BCUT2D eigenvalue weighted by atomic mass is 10.1. The molecule has 0 spiro atoms. The highest BCUT2D eigenvalue weighted by Gasteiger charge is 2.32. The Morgan fingerprint density at radius 2 is 2.18 bits per heavy atom. The van der Waals surface area contributed by atoms with Crippen LogP contribution in [0.4, 0.5) is 13.2 Å². The third kappa shape index (κ3) is 4.03. The van der Waals surface area contributed by atoms with Gasteiger partial charge in [0.05, 0.1) is 0 Å². The molecule has 1 aromatic heterocycles. The smallest absolute Gasteiger partial charge is 0.433 e. The number of hydrogen-bond donors (Lipinski definition) is 2. The van der Waals surface area contributed by atoms with Crippen LogP contribution in [0.1, 0.15) is 17.7 Å². The van der Waals surface area contributed by atoms with Crippen LogP contribution in [0.5, 0.6) is 0 Å². The summed E-state index contributed by atoms with van der Waals surface area (Å²) in [6, 6.07) is 1.23. The largest absolute Gasteiger partial charge is 0.480 e. The zero-order chi connectivity index (χ0) is 13.1. The predicted octanol–water partition coefficient (Wildman–Crippen LogP) is 1.44. The van der Waals surface area contributed by atoms with Gasteiger partial charge in [0.2, 0.25) is 0 Å². The summed E-state index contributed by atoms with van der Waals surface area (Å²) in [5, 5.41) is 8.53. The van der Waals surface area contributed by atoms with Crippen molar-refractivity contribution in [2.45, 2.75) is 25.1 Å². The van der Waals surface area contributed by atoms with E-state index in [4.69, 9.17) is 10.8 Å².